The molecule has 3 aliphatic rings. The van der Waals surface area contributed by atoms with Crippen LogP contribution in [0.2, 0.25) is 0 Å². The highest BCUT2D eigenvalue weighted by Gasteiger charge is 2.43. The van der Waals surface area contributed by atoms with Gasteiger partial charge in [-0.15, -0.1) is 0 Å². The zero-order chi connectivity index (χ0) is 18.7. The Hall–Kier alpha value is -1.50. The molecular weight excluding hydrogens is 342 g/mol. The Morgan fingerprint density at radius 3 is 2.89 bits per heavy atom. The lowest BCUT2D eigenvalue weighted by Crippen LogP contribution is -2.43. The van der Waals surface area contributed by atoms with Gasteiger partial charge in [-0.2, -0.15) is 0 Å². The molecule has 3 saturated heterocycles. The molecule has 6 heteroatoms. The number of carbonyl (C=O) groups excluding carboxylic acids is 1. The fourth-order valence-electron chi connectivity index (χ4n) is 4.81. The number of aromatic nitrogens is 1. The first kappa shape index (κ1) is 18.8. The number of aryl methyl sites for hydroxylation is 1. The number of aliphatic hydroxyl groups is 1. The van der Waals surface area contributed by atoms with Crippen molar-refractivity contribution in [2.45, 2.75) is 50.7 Å². The van der Waals surface area contributed by atoms with Crippen molar-refractivity contribution in [1.29, 1.82) is 0 Å². The first-order valence-corrected chi connectivity index (χ1v) is 10.3. The number of likely N-dealkylation sites (tertiary alicyclic amines) is 2. The third-order valence-electron chi connectivity index (χ3n) is 6.52. The van der Waals surface area contributed by atoms with E-state index in [1.807, 2.05) is 23.2 Å². The molecule has 1 aromatic rings. The summed E-state index contributed by atoms with van der Waals surface area (Å²) < 4.78 is 6.11. The van der Waals surface area contributed by atoms with Gasteiger partial charge in [-0.05, 0) is 49.1 Å². The molecule has 4 rings (SSSR count). The molecule has 1 N–H and O–H groups in total. The Kier molecular flexibility index (Phi) is 5.76. The van der Waals surface area contributed by atoms with Gasteiger partial charge >= 0.3 is 0 Å². The van der Waals surface area contributed by atoms with Crippen LogP contribution in [-0.4, -0.2) is 77.3 Å². The van der Waals surface area contributed by atoms with Crippen molar-refractivity contribution < 1.29 is 14.6 Å². The normalized spacial score (nSPS) is 28.1. The molecule has 1 amide bonds. The van der Waals surface area contributed by atoms with E-state index in [1.54, 1.807) is 6.20 Å². The second-order valence-electron chi connectivity index (χ2n) is 8.58. The Labute approximate surface area is 161 Å². The summed E-state index contributed by atoms with van der Waals surface area (Å²) >= 11 is 0. The van der Waals surface area contributed by atoms with Crippen LogP contribution in [-0.2, 0) is 16.0 Å². The Balaban J connectivity index is 1.21. The number of hydrogen-bond acceptors (Lipinski definition) is 5. The molecule has 2 atom stereocenters. The van der Waals surface area contributed by atoms with Crippen LogP contribution in [0.5, 0.6) is 0 Å². The van der Waals surface area contributed by atoms with E-state index in [0.29, 0.717) is 6.42 Å². The van der Waals surface area contributed by atoms with Crippen molar-refractivity contribution in [3.05, 3.63) is 30.1 Å². The molecule has 0 bridgehead atoms. The minimum absolute atomic E-state index is 0.165. The van der Waals surface area contributed by atoms with E-state index >= 15 is 0 Å². The van der Waals surface area contributed by atoms with Crippen LogP contribution in [0, 0.1) is 5.41 Å². The lowest BCUT2D eigenvalue weighted by atomic mass is 9.76. The maximum Gasteiger partial charge on any atom is 0.222 e. The summed E-state index contributed by atoms with van der Waals surface area (Å²) in [4.78, 5) is 21.0. The van der Waals surface area contributed by atoms with E-state index in [0.717, 1.165) is 77.0 Å². The number of rotatable bonds is 5. The van der Waals surface area contributed by atoms with Gasteiger partial charge < -0.3 is 14.7 Å². The van der Waals surface area contributed by atoms with Gasteiger partial charge in [0.1, 0.15) is 0 Å². The molecule has 2 unspecified atom stereocenters. The standard InChI is InChI=1S/C21H31N3O3/c25-18-5-9-23(14-18)15-19-12-21(16-27-19)6-10-24(11-7-21)20(26)4-3-17-2-1-8-22-13-17/h1-2,8,13,18-19,25H,3-7,9-12,14-16H2. The van der Waals surface area contributed by atoms with Crippen molar-refractivity contribution in [2.75, 3.05) is 39.3 Å². The zero-order valence-electron chi connectivity index (χ0n) is 16.1. The number of pyridine rings is 1. The summed E-state index contributed by atoms with van der Waals surface area (Å²) in [6.07, 6.45) is 9.12. The number of nitrogens with zero attached hydrogens (tertiary/aromatic N) is 3. The zero-order valence-corrected chi connectivity index (χ0v) is 16.1. The quantitative estimate of drug-likeness (QED) is 0.847. The number of aliphatic hydroxyl groups excluding tert-OH is 1. The summed E-state index contributed by atoms with van der Waals surface area (Å²) in [7, 11) is 0. The molecule has 3 aliphatic heterocycles. The van der Waals surface area contributed by atoms with E-state index < -0.39 is 0 Å². The van der Waals surface area contributed by atoms with Gasteiger partial charge in [0.25, 0.3) is 0 Å². The molecule has 4 heterocycles. The fraction of sp³-hybridized carbons (Fsp3) is 0.714. The van der Waals surface area contributed by atoms with Gasteiger partial charge in [0.2, 0.25) is 5.91 Å². The van der Waals surface area contributed by atoms with Gasteiger partial charge in [0, 0.05) is 51.5 Å². The molecule has 1 spiro atoms. The van der Waals surface area contributed by atoms with Crippen LogP contribution in [0.1, 0.15) is 37.7 Å². The van der Waals surface area contributed by atoms with E-state index in [4.69, 9.17) is 4.74 Å². The number of amides is 1. The largest absolute Gasteiger partial charge is 0.392 e. The summed E-state index contributed by atoms with van der Waals surface area (Å²) in [6, 6.07) is 3.95. The van der Waals surface area contributed by atoms with Gasteiger partial charge in [-0.3, -0.25) is 14.7 Å². The smallest absolute Gasteiger partial charge is 0.222 e. The van der Waals surface area contributed by atoms with Crippen LogP contribution < -0.4 is 0 Å². The third-order valence-corrected chi connectivity index (χ3v) is 6.52. The fourth-order valence-corrected chi connectivity index (χ4v) is 4.81. The summed E-state index contributed by atoms with van der Waals surface area (Å²) in [5.41, 5.74) is 1.38. The van der Waals surface area contributed by atoms with Crippen LogP contribution in [0.25, 0.3) is 0 Å². The van der Waals surface area contributed by atoms with Gasteiger partial charge in [0.15, 0.2) is 0 Å². The summed E-state index contributed by atoms with van der Waals surface area (Å²) in [5.74, 6) is 0.259. The number of β-amino-alcohol motifs (C(OH)–C–C–N with tert-alkyl or cyclic N) is 1. The average Bonchev–Trinajstić information content (AvgIpc) is 3.27. The first-order valence-electron chi connectivity index (χ1n) is 10.3. The lowest BCUT2D eigenvalue weighted by molar-refractivity contribution is -0.133. The lowest BCUT2D eigenvalue weighted by Gasteiger charge is -2.38. The van der Waals surface area contributed by atoms with Crippen LogP contribution in [0.3, 0.4) is 0 Å². The molecule has 27 heavy (non-hydrogen) atoms. The van der Waals surface area contributed by atoms with Crippen molar-refractivity contribution in [3.8, 4) is 0 Å². The molecule has 0 radical (unpaired) electrons. The summed E-state index contributed by atoms with van der Waals surface area (Å²) in [5, 5.41) is 9.69. The van der Waals surface area contributed by atoms with Crippen molar-refractivity contribution in [1.82, 2.24) is 14.8 Å². The highest BCUT2D eigenvalue weighted by molar-refractivity contribution is 5.76. The highest BCUT2D eigenvalue weighted by Crippen LogP contribution is 2.42. The molecule has 0 aliphatic carbocycles. The van der Waals surface area contributed by atoms with Gasteiger partial charge in [-0.25, -0.2) is 0 Å². The topological polar surface area (TPSA) is 65.9 Å². The van der Waals surface area contributed by atoms with Crippen molar-refractivity contribution >= 4 is 5.91 Å². The van der Waals surface area contributed by atoms with Crippen molar-refractivity contribution in [3.63, 3.8) is 0 Å². The Morgan fingerprint density at radius 2 is 2.19 bits per heavy atom. The molecule has 0 aromatic carbocycles. The molecule has 6 nitrogen and oxygen atoms in total. The minimum atomic E-state index is -0.165. The molecule has 3 fully saturated rings. The van der Waals surface area contributed by atoms with Crippen LogP contribution >= 0.6 is 0 Å². The molecule has 0 saturated carbocycles. The van der Waals surface area contributed by atoms with Crippen LogP contribution in [0.4, 0.5) is 0 Å². The van der Waals surface area contributed by atoms with E-state index in [9.17, 15) is 9.90 Å². The number of ether oxygens (including phenoxy) is 1. The minimum Gasteiger partial charge on any atom is -0.392 e. The number of carbonyl (C=O) groups is 1. The van der Waals surface area contributed by atoms with Crippen LogP contribution in [0.15, 0.2) is 24.5 Å². The van der Waals surface area contributed by atoms with Crippen molar-refractivity contribution in [2.24, 2.45) is 5.41 Å². The predicted octanol–water partition coefficient (Wildman–Crippen LogP) is 1.48. The van der Waals surface area contributed by atoms with E-state index in [2.05, 4.69) is 9.88 Å². The Morgan fingerprint density at radius 1 is 1.33 bits per heavy atom. The molecule has 148 valence electrons. The third kappa shape index (κ3) is 4.68. The van der Waals surface area contributed by atoms with E-state index in [-0.39, 0.29) is 23.5 Å². The second kappa shape index (κ2) is 8.25. The highest BCUT2D eigenvalue weighted by atomic mass is 16.5. The maximum absolute atomic E-state index is 12.5. The SMILES string of the molecule is O=C(CCc1cccnc1)N1CCC2(CC1)COC(CN1CCC(O)C1)C2. The first-order chi connectivity index (χ1) is 13.1. The molecule has 1 aromatic heterocycles. The summed E-state index contributed by atoms with van der Waals surface area (Å²) in [6.45, 7) is 5.23. The van der Waals surface area contributed by atoms with Gasteiger partial charge in [-0.1, -0.05) is 6.07 Å². The maximum atomic E-state index is 12.5. The predicted molar refractivity (Wildman–Crippen MR) is 102 cm³/mol. The Bertz CT molecular complexity index is 631. The second-order valence-corrected chi connectivity index (χ2v) is 8.58. The van der Waals surface area contributed by atoms with Gasteiger partial charge in [0.05, 0.1) is 18.8 Å². The average molecular weight is 373 g/mol. The number of piperidine rings is 1. The molecular formula is C21H31N3O3. The van der Waals surface area contributed by atoms with E-state index in [1.165, 1.54) is 0 Å². The number of hydrogen-bond donors (Lipinski definition) is 1. The monoisotopic (exact) mass is 373 g/mol.